The Morgan fingerprint density at radius 2 is 1.81 bits per heavy atom. The van der Waals surface area contributed by atoms with Crippen LogP contribution in [-0.2, 0) is 15.0 Å². The number of carbonyl (C=O) groups excluding carboxylic acids is 2. The molecule has 3 heterocycles. The van der Waals surface area contributed by atoms with Gasteiger partial charge in [0.25, 0.3) is 0 Å². The number of nitrogens with zero attached hydrogens (tertiary/aromatic N) is 5. The number of fused-ring (bicyclic) bond motifs is 4. The van der Waals surface area contributed by atoms with Crippen LogP contribution in [0, 0.1) is 0 Å². The van der Waals surface area contributed by atoms with Crippen LogP contribution in [0.15, 0.2) is 42.5 Å². The molecule has 1 aromatic heterocycles. The molecule has 2 amide bonds. The van der Waals surface area contributed by atoms with Gasteiger partial charge < -0.3 is 15.1 Å². The number of halogens is 2. The van der Waals surface area contributed by atoms with E-state index in [1.807, 2.05) is 51.4 Å². The van der Waals surface area contributed by atoms with Gasteiger partial charge in [-0.25, -0.2) is 4.68 Å². The largest absolute Gasteiger partial charge is 0.311 e. The monoisotopic (exact) mass is 526 g/mol. The number of carbonyl (C=O) groups is 2. The Labute approximate surface area is 220 Å². The molecule has 0 radical (unpaired) electrons. The van der Waals surface area contributed by atoms with Crippen LogP contribution < -0.4 is 10.2 Å². The van der Waals surface area contributed by atoms with Crippen molar-refractivity contribution in [3.05, 3.63) is 69.3 Å². The van der Waals surface area contributed by atoms with Crippen molar-refractivity contribution in [1.82, 2.24) is 19.9 Å². The Bertz CT molecular complexity index is 1320. The number of anilines is 2. The number of nitrogens with one attached hydrogen (secondary N) is 1. The average Bonchev–Trinajstić information content (AvgIpc) is 3.35. The van der Waals surface area contributed by atoms with Gasteiger partial charge in [-0.1, -0.05) is 40.5 Å². The molecule has 2 aliphatic rings. The molecule has 1 N–H and O–H groups in total. The normalized spacial score (nSPS) is 19.6. The van der Waals surface area contributed by atoms with Gasteiger partial charge in [0.2, 0.25) is 11.8 Å². The fourth-order valence-corrected chi connectivity index (χ4v) is 5.51. The molecular formula is C26H28Cl2N6O2. The average molecular weight is 527 g/mol. The third-order valence-corrected chi connectivity index (χ3v) is 7.55. The van der Waals surface area contributed by atoms with Gasteiger partial charge in [0.05, 0.1) is 12.5 Å². The van der Waals surface area contributed by atoms with Crippen LogP contribution >= 0.6 is 23.2 Å². The number of hydrogen-bond donors (Lipinski definition) is 1. The summed E-state index contributed by atoms with van der Waals surface area (Å²) < 4.78 is 1.66. The van der Waals surface area contributed by atoms with E-state index in [0.717, 1.165) is 30.6 Å². The summed E-state index contributed by atoms with van der Waals surface area (Å²) in [5.74, 6) is 0.0115. The highest BCUT2D eigenvalue weighted by molar-refractivity contribution is 6.31. The lowest BCUT2D eigenvalue weighted by molar-refractivity contribution is -0.126. The number of benzene rings is 2. The third kappa shape index (κ3) is 4.07. The van der Waals surface area contributed by atoms with E-state index >= 15 is 0 Å². The van der Waals surface area contributed by atoms with Gasteiger partial charge in [0, 0.05) is 22.3 Å². The molecule has 1 unspecified atom stereocenters. The molecule has 0 saturated carbocycles. The Morgan fingerprint density at radius 1 is 1.08 bits per heavy atom. The molecule has 3 aromatic rings. The topological polar surface area (TPSA) is 83.4 Å². The number of aromatic nitrogens is 3. The van der Waals surface area contributed by atoms with Gasteiger partial charge in [-0.15, -0.1) is 5.10 Å². The Kier molecular flexibility index (Phi) is 6.53. The molecule has 2 atom stereocenters. The molecule has 2 aliphatic heterocycles. The van der Waals surface area contributed by atoms with Crippen molar-refractivity contribution in [1.29, 1.82) is 0 Å². The van der Waals surface area contributed by atoms with E-state index < -0.39 is 5.41 Å². The predicted octanol–water partition coefficient (Wildman–Crippen LogP) is 4.51. The van der Waals surface area contributed by atoms with Gasteiger partial charge in [0.1, 0.15) is 11.1 Å². The summed E-state index contributed by atoms with van der Waals surface area (Å²) in [5, 5.41) is 13.0. The molecule has 188 valence electrons. The summed E-state index contributed by atoms with van der Waals surface area (Å²) in [5.41, 5.74) is 1.61. The lowest BCUT2D eigenvalue weighted by atomic mass is 9.73. The standard InChI is InChI=1S/C26H28Cl2N6O2/c1-16(17-6-8-18(27)9-7-17)34-24-23(30-31-34)26(15-22(35)29-24)20-14-19(28)10-11-21(20)33(25(26)36)13-5-4-12-32(2)3/h6-11,14,16H,4-5,12-13,15H2,1-3H3,(H,29,35)/t16?,26-/m1/s1. The molecule has 5 rings (SSSR count). The molecule has 0 aliphatic carbocycles. The number of unbranched alkanes of at least 4 members (excludes halogenated alkanes) is 1. The molecule has 2 aromatic carbocycles. The van der Waals surface area contributed by atoms with Crippen molar-refractivity contribution < 1.29 is 9.59 Å². The molecular weight excluding hydrogens is 499 g/mol. The zero-order valence-corrected chi connectivity index (χ0v) is 22.0. The van der Waals surface area contributed by atoms with E-state index in [4.69, 9.17) is 23.2 Å². The zero-order valence-electron chi connectivity index (χ0n) is 20.5. The van der Waals surface area contributed by atoms with Gasteiger partial charge in [-0.3, -0.25) is 9.59 Å². The molecule has 36 heavy (non-hydrogen) atoms. The number of rotatable bonds is 7. The maximum absolute atomic E-state index is 14.2. The van der Waals surface area contributed by atoms with Gasteiger partial charge in [0.15, 0.2) is 5.82 Å². The first-order chi connectivity index (χ1) is 17.2. The summed E-state index contributed by atoms with van der Waals surface area (Å²) in [6.07, 6.45) is 1.74. The second-order valence-corrected chi connectivity index (χ2v) is 10.6. The van der Waals surface area contributed by atoms with E-state index in [0.29, 0.717) is 33.7 Å². The summed E-state index contributed by atoms with van der Waals surface area (Å²) >= 11 is 12.5. The molecule has 0 saturated heterocycles. The summed E-state index contributed by atoms with van der Waals surface area (Å²) in [7, 11) is 4.06. The Morgan fingerprint density at radius 3 is 2.53 bits per heavy atom. The highest BCUT2D eigenvalue weighted by atomic mass is 35.5. The van der Waals surface area contributed by atoms with Crippen LogP contribution in [0.2, 0.25) is 10.0 Å². The Balaban J connectivity index is 1.58. The molecule has 8 nitrogen and oxygen atoms in total. The smallest absolute Gasteiger partial charge is 0.244 e. The third-order valence-electron chi connectivity index (χ3n) is 7.06. The first kappa shape index (κ1) is 24.7. The van der Waals surface area contributed by atoms with Crippen LogP contribution in [0.4, 0.5) is 11.5 Å². The minimum absolute atomic E-state index is 0.0472. The second kappa shape index (κ2) is 9.50. The van der Waals surface area contributed by atoms with Crippen LogP contribution in [0.1, 0.15) is 49.0 Å². The second-order valence-electron chi connectivity index (χ2n) is 9.72. The fourth-order valence-electron chi connectivity index (χ4n) is 5.21. The van der Waals surface area contributed by atoms with Crippen molar-refractivity contribution >= 4 is 46.5 Å². The van der Waals surface area contributed by atoms with Gasteiger partial charge >= 0.3 is 0 Å². The highest BCUT2D eigenvalue weighted by Crippen LogP contribution is 2.52. The quantitative estimate of drug-likeness (QED) is 0.458. The molecule has 1 spiro atoms. The van der Waals surface area contributed by atoms with E-state index in [2.05, 4.69) is 20.5 Å². The molecule has 10 heteroatoms. The Hall–Kier alpha value is -2.94. The van der Waals surface area contributed by atoms with Gasteiger partial charge in [-0.2, -0.15) is 0 Å². The first-order valence-corrected chi connectivity index (χ1v) is 12.8. The van der Waals surface area contributed by atoms with Crippen LogP contribution in [0.25, 0.3) is 0 Å². The maximum Gasteiger partial charge on any atom is 0.244 e. The maximum atomic E-state index is 14.2. The number of hydrogen-bond acceptors (Lipinski definition) is 5. The van der Waals surface area contributed by atoms with E-state index in [1.54, 1.807) is 21.7 Å². The SMILES string of the molecule is CC(c1ccc(Cl)cc1)n1nnc2c1NC(=O)C[C@]21C(=O)N(CCCCN(C)C)c2ccc(Cl)cc21. The van der Waals surface area contributed by atoms with Crippen LogP contribution in [0.3, 0.4) is 0 Å². The lowest BCUT2D eigenvalue weighted by Gasteiger charge is -2.31. The summed E-state index contributed by atoms with van der Waals surface area (Å²) in [6, 6.07) is 12.6. The van der Waals surface area contributed by atoms with Gasteiger partial charge in [-0.05, 0) is 81.9 Å². The molecule has 0 fully saturated rings. The van der Waals surface area contributed by atoms with Crippen LogP contribution in [-0.4, -0.2) is 58.9 Å². The van der Waals surface area contributed by atoms with Crippen molar-refractivity contribution in [2.75, 3.05) is 37.4 Å². The minimum atomic E-state index is -1.27. The minimum Gasteiger partial charge on any atom is -0.311 e. The van der Waals surface area contributed by atoms with E-state index in [9.17, 15) is 9.59 Å². The zero-order chi connectivity index (χ0) is 25.6. The van der Waals surface area contributed by atoms with Crippen LogP contribution in [0.5, 0.6) is 0 Å². The number of amides is 2. The van der Waals surface area contributed by atoms with Crippen molar-refractivity contribution in [2.24, 2.45) is 0 Å². The van der Waals surface area contributed by atoms with Crippen molar-refractivity contribution in [3.8, 4) is 0 Å². The first-order valence-electron chi connectivity index (χ1n) is 12.0. The molecule has 0 bridgehead atoms. The summed E-state index contributed by atoms with van der Waals surface area (Å²) in [4.78, 5) is 31.2. The lowest BCUT2D eigenvalue weighted by Crippen LogP contribution is -2.47. The van der Waals surface area contributed by atoms with E-state index in [-0.39, 0.29) is 24.3 Å². The summed E-state index contributed by atoms with van der Waals surface area (Å²) in [6.45, 7) is 3.45. The highest BCUT2D eigenvalue weighted by Gasteiger charge is 2.58. The van der Waals surface area contributed by atoms with Crippen molar-refractivity contribution in [3.63, 3.8) is 0 Å². The fraction of sp³-hybridized carbons (Fsp3) is 0.385. The van der Waals surface area contributed by atoms with Crippen molar-refractivity contribution in [2.45, 2.75) is 37.6 Å². The van der Waals surface area contributed by atoms with E-state index in [1.165, 1.54) is 0 Å². The predicted molar refractivity (Wildman–Crippen MR) is 141 cm³/mol.